The van der Waals surface area contributed by atoms with Crippen molar-refractivity contribution >= 4 is 56.1 Å². The largest absolute Gasteiger partial charge is 0.376 e. The summed E-state index contributed by atoms with van der Waals surface area (Å²) in [6, 6.07) is 53.9. The molecule has 0 atom stereocenters. The lowest BCUT2D eigenvalue weighted by molar-refractivity contribution is 0.455. The van der Waals surface area contributed by atoms with Gasteiger partial charge in [0.1, 0.15) is 0 Å². The molecule has 1 spiro atoms. The molecule has 0 bridgehead atoms. The Morgan fingerprint density at radius 1 is 0.531 bits per heavy atom. The third kappa shape index (κ3) is 4.36. The fourth-order valence-electron chi connectivity index (χ4n) is 9.30. The average Bonchev–Trinajstić information content (AvgIpc) is 3.63. The van der Waals surface area contributed by atoms with E-state index in [0.29, 0.717) is 0 Å². The first kappa shape index (κ1) is 30.2. The molecule has 9 rings (SSSR count). The lowest BCUT2D eigenvalue weighted by atomic mass is 9.83. The number of unbranched alkanes of at least 4 members (excludes halogenated alkanes) is 1. The topological polar surface area (TPSA) is 12.0 Å². The molecule has 0 unspecified atom stereocenters. The van der Waals surface area contributed by atoms with Gasteiger partial charge in [-0.3, -0.25) is 0 Å². The van der Waals surface area contributed by atoms with E-state index in [2.05, 4.69) is 166 Å². The SMILES string of the molecule is CCCCc1ccc2c3c(ccc2c1)[Si]1(c2ccccc2-c2ccccc21)c1cc(C(CC)(CC)Nc2ccc4ccccc4c2)ccc1-3. The van der Waals surface area contributed by atoms with Crippen molar-refractivity contribution < 1.29 is 0 Å². The molecular formula is C47H43NSi. The predicted molar refractivity (Wildman–Crippen MR) is 214 cm³/mol. The highest BCUT2D eigenvalue weighted by Crippen LogP contribution is 2.42. The molecular weight excluding hydrogens is 607 g/mol. The van der Waals surface area contributed by atoms with E-state index < -0.39 is 8.07 Å². The number of anilines is 1. The lowest BCUT2D eigenvalue weighted by Crippen LogP contribution is -2.70. The Kier molecular flexibility index (Phi) is 7.14. The number of hydrogen-bond acceptors (Lipinski definition) is 1. The van der Waals surface area contributed by atoms with Crippen molar-refractivity contribution in [2.24, 2.45) is 0 Å². The van der Waals surface area contributed by atoms with Crippen LogP contribution >= 0.6 is 0 Å². The Balaban J connectivity index is 1.30. The third-order valence-electron chi connectivity index (χ3n) is 11.8. The van der Waals surface area contributed by atoms with Gasteiger partial charge in [0.15, 0.2) is 8.07 Å². The Bertz CT molecular complexity index is 2350. The normalized spacial score (nSPS) is 13.8. The van der Waals surface area contributed by atoms with E-state index in [9.17, 15) is 0 Å². The molecule has 2 heteroatoms. The smallest absolute Gasteiger partial charge is 0.182 e. The van der Waals surface area contributed by atoms with Gasteiger partial charge in [0.25, 0.3) is 0 Å². The minimum Gasteiger partial charge on any atom is -0.376 e. The summed E-state index contributed by atoms with van der Waals surface area (Å²) in [7, 11) is -2.60. The Morgan fingerprint density at radius 2 is 1.22 bits per heavy atom. The summed E-state index contributed by atoms with van der Waals surface area (Å²) in [6.07, 6.45) is 5.58. The number of fused-ring (bicyclic) bond motifs is 13. The summed E-state index contributed by atoms with van der Waals surface area (Å²) in [5.41, 5.74) is 9.52. The van der Waals surface area contributed by atoms with Crippen LogP contribution in [0.5, 0.6) is 0 Å². The number of rotatable bonds is 8. The number of nitrogens with one attached hydrogen (secondary N) is 1. The molecule has 7 aromatic rings. The van der Waals surface area contributed by atoms with E-state index in [1.165, 1.54) is 83.8 Å². The quantitative estimate of drug-likeness (QED) is 0.162. The van der Waals surface area contributed by atoms with Gasteiger partial charge in [-0.15, -0.1) is 0 Å². The van der Waals surface area contributed by atoms with Crippen LogP contribution in [0.3, 0.4) is 0 Å². The van der Waals surface area contributed by atoms with Crippen molar-refractivity contribution in [3.8, 4) is 22.3 Å². The van der Waals surface area contributed by atoms with Crippen LogP contribution in [0, 0.1) is 0 Å². The molecule has 7 aromatic carbocycles. The van der Waals surface area contributed by atoms with Crippen molar-refractivity contribution in [1.29, 1.82) is 0 Å². The van der Waals surface area contributed by atoms with Gasteiger partial charge in [-0.25, -0.2) is 0 Å². The summed E-state index contributed by atoms with van der Waals surface area (Å²) in [4.78, 5) is 0. The Labute approximate surface area is 291 Å². The zero-order valence-corrected chi connectivity index (χ0v) is 29.8. The second-order valence-electron chi connectivity index (χ2n) is 14.2. The van der Waals surface area contributed by atoms with Gasteiger partial charge < -0.3 is 5.32 Å². The zero-order chi connectivity index (χ0) is 33.2. The van der Waals surface area contributed by atoms with Crippen molar-refractivity contribution in [2.45, 2.75) is 58.4 Å². The second kappa shape index (κ2) is 11.6. The molecule has 2 aliphatic heterocycles. The Hall–Kier alpha value is -4.92. The van der Waals surface area contributed by atoms with Gasteiger partial charge in [0.2, 0.25) is 0 Å². The van der Waals surface area contributed by atoms with Crippen LogP contribution in [-0.2, 0) is 12.0 Å². The van der Waals surface area contributed by atoms with Crippen molar-refractivity contribution in [3.05, 3.63) is 151 Å². The standard InChI is InChI=1S/C47H43NSi/c1-4-7-14-32-21-26-38-35(29-32)23-28-44-46(38)41-27-24-36(47(5-2,6-3)48-37-25-22-33-15-8-9-16-34(33)30-37)31-45(41)49(44)42-19-12-10-17-39(42)40-18-11-13-20-43(40)49/h8-13,15-31,48H,4-7,14H2,1-3H3. The van der Waals surface area contributed by atoms with Gasteiger partial charge >= 0.3 is 0 Å². The molecule has 1 N–H and O–H groups in total. The van der Waals surface area contributed by atoms with Crippen LogP contribution in [0.1, 0.15) is 57.6 Å². The Morgan fingerprint density at radius 3 is 1.96 bits per heavy atom. The fraction of sp³-hybridized carbons (Fsp3) is 0.191. The second-order valence-corrected chi connectivity index (χ2v) is 17.9. The predicted octanol–water partition coefficient (Wildman–Crippen LogP) is 9.80. The molecule has 0 fully saturated rings. The first-order valence-corrected chi connectivity index (χ1v) is 20.3. The van der Waals surface area contributed by atoms with Gasteiger partial charge in [-0.1, -0.05) is 155 Å². The number of aryl methyl sites for hydroxylation is 1. The van der Waals surface area contributed by atoms with E-state index in [0.717, 1.165) is 19.3 Å². The summed E-state index contributed by atoms with van der Waals surface area (Å²) in [5, 5.41) is 15.6. The monoisotopic (exact) mass is 649 g/mol. The molecule has 1 nitrogen and oxygen atoms in total. The molecule has 0 aromatic heterocycles. The summed E-state index contributed by atoms with van der Waals surface area (Å²) in [6.45, 7) is 6.97. The maximum Gasteiger partial charge on any atom is 0.182 e. The number of hydrogen-bond donors (Lipinski definition) is 1. The van der Waals surface area contributed by atoms with Crippen LogP contribution in [0.2, 0.25) is 0 Å². The van der Waals surface area contributed by atoms with Gasteiger partial charge in [-0.2, -0.15) is 0 Å². The highest BCUT2D eigenvalue weighted by atomic mass is 28.3. The van der Waals surface area contributed by atoms with E-state index >= 15 is 0 Å². The van der Waals surface area contributed by atoms with E-state index in [-0.39, 0.29) is 5.54 Å². The first-order chi connectivity index (χ1) is 24.1. The molecule has 0 radical (unpaired) electrons. The third-order valence-corrected chi connectivity index (χ3v) is 16.8. The highest BCUT2D eigenvalue weighted by Gasteiger charge is 2.54. The minimum absolute atomic E-state index is 0.199. The molecule has 0 aliphatic carbocycles. The van der Waals surface area contributed by atoms with Crippen molar-refractivity contribution in [3.63, 3.8) is 0 Å². The first-order valence-electron chi connectivity index (χ1n) is 18.3. The molecule has 240 valence electrons. The van der Waals surface area contributed by atoms with Crippen LogP contribution in [0.4, 0.5) is 5.69 Å². The fourth-order valence-corrected chi connectivity index (χ4v) is 14.9. The van der Waals surface area contributed by atoms with Crippen LogP contribution in [0.25, 0.3) is 43.8 Å². The van der Waals surface area contributed by atoms with Crippen LogP contribution in [0.15, 0.2) is 140 Å². The molecule has 0 saturated carbocycles. The summed E-state index contributed by atoms with van der Waals surface area (Å²) >= 11 is 0. The highest BCUT2D eigenvalue weighted by molar-refractivity contribution is 7.24. The van der Waals surface area contributed by atoms with E-state index in [1.807, 2.05) is 0 Å². The summed E-state index contributed by atoms with van der Waals surface area (Å²) in [5.74, 6) is 0. The van der Waals surface area contributed by atoms with Crippen molar-refractivity contribution in [2.75, 3.05) is 5.32 Å². The van der Waals surface area contributed by atoms with Gasteiger partial charge in [0, 0.05) is 5.69 Å². The molecule has 49 heavy (non-hydrogen) atoms. The van der Waals surface area contributed by atoms with Crippen molar-refractivity contribution in [1.82, 2.24) is 0 Å². The molecule has 0 saturated heterocycles. The van der Waals surface area contributed by atoms with Crippen LogP contribution in [-0.4, -0.2) is 8.07 Å². The average molecular weight is 650 g/mol. The van der Waals surface area contributed by atoms with Gasteiger partial charge in [-0.05, 0) is 113 Å². The maximum absolute atomic E-state index is 4.10. The zero-order valence-electron chi connectivity index (χ0n) is 28.8. The molecule has 2 aliphatic rings. The number of benzene rings is 7. The van der Waals surface area contributed by atoms with E-state index in [4.69, 9.17) is 0 Å². The van der Waals surface area contributed by atoms with Crippen LogP contribution < -0.4 is 26.1 Å². The maximum atomic E-state index is 4.10. The lowest BCUT2D eigenvalue weighted by Gasteiger charge is -2.36. The molecule has 0 amide bonds. The molecule has 2 heterocycles. The van der Waals surface area contributed by atoms with Gasteiger partial charge in [0.05, 0.1) is 5.54 Å². The summed E-state index contributed by atoms with van der Waals surface area (Å²) < 4.78 is 0. The minimum atomic E-state index is -2.60. The van der Waals surface area contributed by atoms with E-state index in [1.54, 1.807) is 10.4 Å².